The topological polar surface area (TPSA) is 9.23 Å². The number of hydrogen-bond donors (Lipinski definition) is 0. The number of halogens is 2. The van der Waals surface area contributed by atoms with E-state index in [1.807, 2.05) is 6.07 Å². The first-order valence-electron chi connectivity index (χ1n) is 5.99. The average Bonchev–Trinajstić information content (AvgIpc) is 2.71. The molecule has 1 fully saturated rings. The van der Waals surface area contributed by atoms with Crippen LogP contribution in [0.15, 0.2) is 12.1 Å². The lowest BCUT2D eigenvalue weighted by Gasteiger charge is -2.30. The summed E-state index contributed by atoms with van der Waals surface area (Å²) in [6.45, 7) is 7.21. The molecule has 0 amide bonds. The van der Waals surface area contributed by atoms with Gasteiger partial charge in [-0.3, -0.25) is 0 Å². The Hall–Kier alpha value is -0.0500. The zero-order valence-corrected chi connectivity index (χ0v) is 12.9. The van der Waals surface area contributed by atoms with Crippen LogP contribution in [0.5, 0.6) is 0 Å². The Balaban J connectivity index is 2.36. The van der Waals surface area contributed by atoms with Crippen molar-refractivity contribution in [3.05, 3.63) is 33.8 Å². The minimum absolute atomic E-state index is 0.134. The van der Waals surface area contributed by atoms with Crippen molar-refractivity contribution in [1.82, 2.24) is 0 Å². The Morgan fingerprint density at radius 2 is 2.00 bits per heavy atom. The molecule has 0 aliphatic carbocycles. The van der Waals surface area contributed by atoms with E-state index >= 15 is 0 Å². The Morgan fingerprint density at radius 1 is 1.35 bits per heavy atom. The van der Waals surface area contributed by atoms with E-state index in [1.54, 1.807) is 0 Å². The zero-order valence-electron chi connectivity index (χ0n) is 10.5. The number of benzene rings is 1. The molecule has 0 bridgehead atoms. The highest BCUT2D eigenvalue weighted by molar-refractivity contribution is 9.09. The van der Waals surface area contributed by atoms with E-state index in [0.29, 0.717) is 0 Å². The molecular formula is C14H18BrClO. The highest BCUT2D eigenvalue weighted by Gasteiger charge is 2.38. The lowest BCUT2D eigenvalue weighted by molar-refractivity contribution is 0.0197. The first kappa shape index (κ1) is 13.4. The highest BCUT2D eigenvalue weighted by atomic mass is 79.9. The SMILES string of the molecule is Cc1cc(Cl)c(C(Br)C2(C)CCCO2)cc1C. The zero-order chi connectivity index (χ0) is 12.6. The van der Waals surface area contributed by atoms with Crippen molar-refractivity contribution in [2.45, 2.75) is 44.0 Å². The highest BCUT2D eigenvalue weighted by Crippen LogP contribution is 2.45. The smallest absolute Gasteiger partial charge is 0.0821 e. The summed E-state index contributed by atoms with van der Waals surface area (Å²) in [6, 6.07) is 4.21. The Morgan fingerprint density at radius 3 is 2.59 bits per heavy atom. The third kappa shape index (κ3) is 2.54. The van der Waals surface area contributed by atoms with Gasteiger partial charge in [-0.25, -0.2) is 0 Å². The monoisotopic (exact) mass is 316 g/mol. The molecule has 0 spiro atoms. The van der Waals surface area contributed by atoms with Gasteiger partial charge in [0.2, 0.25) is 0 Å². The molecule has 94 valence electrons. The number of rotatable bonds is 2. The molecule has 17 heavy (non-hydrogen) atoms. The van der Waals surface area contributed by atoms with Gasteiger partial charge in [0.15, 0.2) is 0 Å². The van der Waals surface area contributed by atoms with E-state index in [1.165, 1.54) is 11.1 Å². The maximum atomic E-state index is 6.35. The van der Waals surface area contributed by atoms with Gasteiger partial charge in [0.1, 0.15) is 0 Å². The molecule has 1 saturated heterocycles. The molecule has 1 aliphatic rings. The fraction of sp³-hybridized carbons (Fsp3) is 0.571. The molecule has 0 N–H and O–H groups in total. The molecule has 2 atom stereocenters. The van der Waals surface area contributed by atoms with Gasteiger partial charge in [-0.2, -0.15) is 0 Å². The van der Waals surface area contributed by atoms with E-state index < -0.39 is 0 Å². The molecule has 0 radical (unpaired) electrons. The van der Waals surface area contributed by atoms with Crippen molar-refractivity contribution in [3.8, 4) is 0 Å². The molecule has 1 heterocycles. The molecular weight excluding hydrogens is 300 g/mol. The molecule has 3 heteroatoms. The van der Waals surface area contributed by atoms with Gasteiger partial charge in [0.05, 0.1) is 10.4 Å². The van der Waals surface area contributed by atoms with Crippen LogP contribution < -0.4 is 0 Å². The number of ether oxygens (including phenoxy) is 1. The lowest BCUT2D eigenvalue weighted by Crippen LogP contribution is -2.28. The second-order valence-corrected chi connectivity index (χ2v) is 6.41. The third-order valence-electron chi connectivity index (χ3n) is 3.67. The maximum absolute atomic E-state index is 6.35. The van der Waals surface area contributed by atoms with Crippen LogP contribution in [0.25, 0.3) is 0 Å². The van der Waals surface area contributed by atoms with Gasteiger partial charge >= 0.3 is 0 Å². The summed E-state index contributed by atoms with van der Waals surface area (Å²) in [7, 11) is 0. The normalized spacial score (nSPS) is 26.2. The Bertz CT molecular complexity index is 424. The van der Waals surface area contributed by atoms with Crippen molar-refractivity contribution < 1.29 is 4.74 Å². The van der Waals surface area contributed by atoms with Crippen LogP contribution in [0.3, 0.4) is 0 Å². The molecule has 1 aromatic carbocycles. The van der Waals surface area contributed by atoms with Crippen molar-refractivity contribution in [2.24, 2.45) is 0 Å². The van der Waals surface area contributed by atoms with E-state index in [4.69, 9.17) is 16.3 Å². The summed E-state index contributed by atoms with van der Waals surface area (Å²) in [5, 5.41) is 0.826. The van der Waals surface area contributed by atoms with Gasteiger partial charge in [0, 0.05) is 11.6 Å². The number of aryl methyl sites for hydroxylation is 2. The van der Waals surface area contributed by atoms with E-state index in [0.717, 1.165) is 30.0 Å². The van der Waals surface area contributed by atoms with Crippen LogP contribution in [-0.2, 0) is 4.74 Å². The van der Waals surface area contributed by atoms with Crippen molar-refractivity contribution in [2.75, 3.05) is 6.61 Å². The summed E-state index contributed by atoms with van der Waals surface area (Å²) in [6.07, 6.45) is 2.20. The molecule has 2 rings (SSSR count). The van der Waals surface area contributed by atoms with Crippen molar-refractivity contribution >= 4 is 27.5 Å². The van der Waals surface area contributed by atoms with Gasteiger partial charge in [-0.05, 0) is 56.4 Å². The van der Waals surface area contributed by atoms with Gasteiger partial charge < -0.3 is 4.74 Å². The van der Waals surface area contributed by atoms with E-state index in [2.05, 4.69) is 42.8 Å². The molecule has 0 aromatic heterocycles. The summed E-state index contributed by atoms with van der Waals surface area (Å²) in [4.78, 5) is 0.157. The first-order chi connectivity index (χ1) is 7.94. The third-order valence-corrected chi connectivity index (χ3v) is 5.46. The summed E-state index contributed by atoms with van der Waals surface area (Å²) in [5.74, 6) is 0. The van der Waals surface area contributed by atoms with Crippen LogP contribution in [-0.4, -0.2) is 12.2 Å². The number of hydrogen-bond acceptors (Lipinski definition) is 1. The second kappa shape index (κ2) is 4.91. The van der Waals surface area contributed by atoms with Crippen molar-refractivity contribution in [1.29, 1.82) is 0 Å². The molecule has 1 aromatic rings. The van der Waals surface area contributed by atoms with Crippen LogP contribution >= 0.6 is 27.5 Å². The van der Waals surface area contributed by atoms with Crippen LogP contribution in [0, 0.1) is 13.8 Å². The molecule has 1 aliphatic heterocycles. The molecule has 2 unspecified atom stereocenters. The van der Waals surface area contributed by atoms with E-state index in [-0.39, 0.29) is 10.4 Å². The minimum Gasteiger partial charge on any atom is -0.374 e. The van der Waals surface area contributed by atoms with Gasteiger partial charge in [0.25, 0.3) is 0 Å². The fourth-order valence-corrected chi connectivity index (χ4v) is 3.53. The standard InChI is InChI=1S/C14H18BrClO/c1-9-7-11(12(16)8-10(9)2)13(15)14(3)5-4-6-17-14/h7-8,13H,4-6H2,1-3H3. The second-order valence-electron chi connectivity index (χ2n) is 5.09. The Kier molecular flexibility index (Phi) is 3.86. The predicted octanol–water partition coefficient (Wildman–Crippen LogP) is 4.96. The molecule has 1 nitrogen and oxygen atoms in total. The predicted molar refractivity (Wildman–Crippen MR) is 76.2 cm³/mol. The van der Waals surface area contributed by atoms with Gasteiger partial charge in [-0.15, -0.1) is 0 Å². The maximum Gasteiger partial charge on any atom is 0.0821 e. The van der Waals surface area contributed by atoms with Crippen LogP contribution in [0.4, 0.5) is 0 Å². The summed E-state index contributed by atoms with van der Waals surface area (Å²) in [5.41, 5.74) is 3.51. The number of alkyl halides is 1. The fourth-order valence-electron chi connectivity index (χ4n) is 2.33. The van der Waals surface area contributed by atoms with Crippen molar-refractivity contribution in [3.63, 3.8) is 0 Å². The Labute approximate surface area is 117 Å². The average molecular weight is 318 g/mol. The van der Waals surface area contributed by atoms with E-state index in [9.17, 15) is 0 Å². The lowest BCUT2D eigenvalue weighted by atomic mass is 9.92. The van der Waals surface area contributed by atoms with Gasteiger partial charge in [-0.1, -0.05) is 33.6 Å². The molecule has 0 saturated carbocycles. The minimum atomic E-state index is -0.134. The summed E-state index contributed by atoms with van der Waals surface area (Å²) >= 11 is 10.1. The summed E-state index contributed by atoms with van der Waals surface area (Å²) < 4.78 is 5.88. The van der Waals surface area contributed by atoms with Crippen LogP contribution in [0.2, 0.25) is 5.02 Å². The largest absolute Gasteiger partial charge is 0.374 e. The quantitative estimate of drug-likeness (QED) is 0.700. The van der Waals surface area contributed by atoms with Crippen LogP contribution in [0.1, 0.15) is 41.3 Å². The first-order valence-corrected chi connectivity index (χ1v) is 7.28.